The first kappa shape index (κ1) is 17.6. The van der Waals surface area contributed by atoms with Crippen LogP contribution in [-0.2, 0) is 19.0 Å². The Balaban J connectivity index is 1.57. The molecule has 4 aromatic rings. The molecule has 0 saturated carbocycles. The maximum absolute atomic E-state index is 12.8. The zero-order valence-corrected chi connectivity index (χ0v) is 14.7. The second-order valence-corrected chi connectivity index (χ2v) is 7.08. The molecule has 1 aliphatic carbocycles. The standard InChI is InChI=1S/C20H12F3N3O3/c21-20(22,23)12-3-1-10(2-4-12)11-7-16-18-17(8-11)25-29-19(18)14-9-13(26(27)28)5-6-15(14)24-16/h1-6,9,11H,7-8H2. The molecule has 1 unspecified atom stereocenters. The van der Waals surface area contributed by atoms with Crippen molar-refractivity contribution in [3.05, 3.63) is 75.1 Å². The number of halogens is 3. The van der Waals surface area contributed by atoms with Crippen LogP contribution in [0, 0.1) is 10.1 Å². The molecular weight excluding hydrogens is 387 g/mol. The van der Waals surface area contributed by atoms with Gasteiger partial charge in [-0.15, -0.1) is 0 Å². The van der Waals surface area contributed by atoms with Crippen LogP contribution in [0.2, 0.25) is 0 Å². The average Bonchev–Trinajstić information content (AvgIpc) is 3.12. The second-order valence-electron chi connectivity index (χ2n) is 7.08. The second kappa shape index (κ2) is 6.00. The smallest absolute Gasteiger partial charge is 0.355 e. The lowest BCUT2D eigenvalue weighted by molar-refractivity contribution is -0.384. The molecule has 2 aromatic heterocycles. The van der Waals surface area contributed by atoms with Gasteiger partial charge in [0.1, 0.15) is 0 Å². The Bertz CT molecular complexity index is 1280. The highest BCUT2D eigenvalue weighted by Gasteiger charge is 2.32. The SMILES string of the molecule is O=[N+]([O-])c1ccc2nc3c4c(noc4c2c1)CC(c1ccc(C(F)(F)F)cc1)C3. The number of alkyl halides is 3. The first-order valence-electron chi connectivity index (χ1n) is 8.83. The molecule has 2 aromatic carbocycles. The van der Waals surface area contributed by atoms with Gasteiger partial charge in [0.25, 0.3) is 5.69 Å². The van der Waals surface area contributed by atoms with E-state index < -0.39 is 16.7 Å². The van der Waals surface area contributed by atoms with Gasteiger partial charge >= 0.3 is 6.18 Å². The van der Waals surface area contributed by atoms with Crippen LogP contribution in [0.5, 0.6) is 0 Å². The Labute approximate surface area is 161 Å². The zero-order valence-electron chi connectivity index (χ0n) is 14.7. The summed E-state index contributed by atoms with van der Waals surface area (Å²) in [4.78, 5) is 15.2. The van der Waals surface area contributed by atoms with Gasteiger partial charge in [-0.05, 0) is 36.1 Å². The minimum absolute atomic E-state index is 0.0639. The van der Waals surface area contributed by atoms with Crippen molar-refractivity contribution >= 4 is 27.6 Å². The lowest BCUT2D eigenvalue weighted by Crippen LogP contribution is -2.14. The van der Waals surface area contributed by atoms with Crippen molar-refractivity contribution in [1.29, 1.82) is 0 Å². The van der Waals surface area contributed by atoms with Crippen molar-refractivity contribution in [2.24, 2.45) is 0 Å². The molecule has 0 spiro atoms. The lowest BCUT2D eigenvalue weighted by atomic mass is 9.83. The van der Waals surface area contributed by atoms with Gasteiger partial charge in [-0.3, -0.25) is 15.1 Å². The molecule has 29 heavy (non-hydrogen) atoms. The molecule has 0 N–H and O–H groups in total. The topological polar surface area (TPSA) is 82.1 Å². The quantitative estimate of drug-likeness (QED) is 0.342. The summed E-state index contributed by atoms with van der Waals surface area (Å²) < 4.78 is 44.0. The highest BCUT2D eigenvalue weighted by atomic mass is 19.4. The van der Waals surface area contributed by atoms with Crippen molar-refractivity contribution in [1.82, 2.24) is 10.1 Å². The number of non-ortho nitro benzene ring substituents is 1. The third kappa shape index (κ3) is 2.81. The van der Waals surface area contributed by atoms with Crippen LogP contribution in [0.4, 0.5) is 18.9 Å². The van der Waals surface area contributed by atoms with E-state index in [0.717, 1.165) is 28.8 Å². The number of pyridine rings is 1. The van der Waals surface area contributed by atoms with Crippen molar-refractivity contribution in [3.63, 3.8) is 0 Å². The predicted molar refractivity (Wildman–Crippen MR) is 97.6 cm³/mol. The van der Waals surface area contributed by atoms with E-state index in [9.17, 15) is 23.3 Å². The van der Waals surface area contributed by atoms with Crippen molar-refractivity contribution in [2.75, 3.05) is 0 Å². The van der Waals surface area contributed by atoms with Crippen LogP contribution in [0.1, 0.15) is 28.4 Å². The Morgan fingerprint density at radius 3 is 2.48 bits per heavy atom. The highest BCUT2D eigenvalue weighted by Crippen LogP contribution is 2.39. The number of fused-ring (bicyclic) bond motifs is 2. The molecule has 0 fully saturated rings. The normalized spacial score (nSPS) is 16.4. The first-order valence-corrected chi connectivity index (χ1v) is 8.83. The van der Waals surface area contributed by atoms with Crippen molar-refractivity contribution in [3.8, 4) is 0 Å². The highest BCUT2D eigenvalue weighted by molar-refractivity contribution is 6.05. The average molecular weight is 399 g/mol. The van der Waals surface area contributed by atoms with Crippen LogP contribution in [0.15, 0.2) is 47.0 Å². The number of nitro benzene ring substituents is 1. The van der Waals surface area contributed by atoms with E-state index in [0.29, 0.717) is 35.0 Å². The van der Waals surface area contributed by atoms with Gasteiger partial charge in [0, 0.05) is 18.6 Å². The van der Waals surface area contributed by atoms with Gasteiger partial charge in [-0.1, -0.05) is 17.3 Å². The summed E-state index contributed by atoms with van der Waals surface area (Å²) in [5.41, 5.74) is 2.41. The molecule has 0 radical (unpaired) electrons. The van der Waals surface area contributed by atoms with Gasteiger partial charge in [-0.2, -0.15) is 13.2 Å². The van der Waals surface area contributed by atoms with E-state index in [2.05, 4.69) is 10.1 Å². The number of hydrogen-bond donors (Lipinski definition) is 0. The molecule has 5 rings (SSSR count). The fraction of sp³-hybridized carbons (Fsp3) is 0.200. The summed E-state index contributed by atoms with van der Waals surface area (Å²) in [5.74, 6) is -0.0823. The van der Waals surface area contributed by atoms with Crippen molar-refractivity contribution in [2.45, 2.75) is 24.9 Å². The molecule has 0 bridgehead atoms. The minimum atomic E-state index is -4.38. The Morgan fingerprint density at radius 1 is 1.07 bits per heavy atom. The number of nitro groups is 1. The van der Waals surface area contributed by atoms with E-state index >= 15 is 0 Å². The number of nitrogens with zero attached hydrogens (tertiary/aromatic N) is 3. The van der Waals surface area contributed by atoms with Crippen LogP contribution in [0.3, 0.4) is 0 Å². The maximum Gasteiger partial charge on any atom is 0.416 e. The predicted octanol–water partition coefficient (Wildman–Crippen LogP) is 5.19. The number of aromatic nitrogens is 2. The van der Waals surface area contributed by atoms with E-state index in [4.69, 9.17) is 4.52 Å². The summed E-state index contributed by atoms with van der Waals surface area (Å²) in [6, 6.07) is 9.49. The number of rotatable bonds is 2. The zero-order chi connectivity index (χ0) is 20.3. The summed E-state index contributed by atoms with van der Waals surface area (Å²) in [5, 5.41) is 16.4. The maximum atomic E-state index is 12.8. The Morgan fingerprint density at radius 2 is 1.79 bits per heavy atom. The molecule has 9 heteroatoms. The van der Waals surface area contributed by atoms with Gasteiger partial charge < -0.3 is 4.52 Å². The lowest BCUT2D eigenvalue weighted by Gasteiger charge is -2.21. The third-order valence-corrected chi connectivity index (χ3v) is 5.33. The first-order chi connectivity index (χ1) is 13.8. The number of hydrogen-bond acceptors (Lipinski definition) is 5. The summed E-state index contributed by atoms with van der Waals surface area (Å²) in [6.45, 7) is 0. The van der Waals surface area contributed by atoms with E-state index in [1.54, 1.807) is 6.07 Å². The summed E-state index contributed by atoms with van der Waals surface area (Å²) in [7, 11) is 0. The largest absolute Gasteiger partial charge is 0.416 e. The third-order valence-electron chi connectivity index (χ3n) is 5.33. The number of benzene rings is 2. The van der Waals surface area contributed by atoms with Gasteiger partial charge in [0.05, 0.1) is 38.2 Å². The van der Waals surface area contributed by atoms with Crippen LogP contribution in [-0.4, -0.2) is 15.1 Å². The fourth-order valence-corrected chi connectivity index (χ4v) is 3.93. The van der Waals surface area contributed by atoms with Crippen LogP contribution < -0.4 is 0 Å². The molecule has 146 valence electrons. The minimum Gasteiger partial charge on any atom is -0.355 e. The van der Waals surface area contributed by atoms with E-state index in [1.807, 2.05) is 0 Å². The van der Waals surface area contributed by atoms with Gasteiger partial charge in [0.15, 0.2) is 5.58 Å². The molecule has 0 aliphatic heterocycles. The molecule has 6 nitrogen and oxygen atoms in total. The molecule has 0 amide bonds. The van der Waals surface area contributed by atoms with E-state index in [-0.39, 0.29) is 11.6 Å². The van der Waals surface area contributed by atoms with Gasteiger partial charge in [0.2, 0.25) is 0 Å². The van der Waals surface area contributed by atoms with Gasteiger partial charge in [-0.25, -0.2) is 0 Å². The fourth-order valence-electron chi connectivity index (χ4n) is 3.93. The molecule has 0 saturated heterocycles. The molecule has 1 aliphatic rings. The van der Waals surface area contributed by atoms with E-state index in [1.165, 1.54) is 24.3 Å². The summed E-state index contributed by atoms with van der Waals surface area (Å²) in [6.07, 6.45) is -3.37. The van der Waals surface area contributed by atoms with Crippen LogP contribution in [0.25, 0.3) is 21.9 Å². The van der Waals surface area contributed by atoms with Crippen LogP contribution >= 0.6 is 0 Å². The monoisotopic (exact) mass is 399 g/mol. The summed E-state index contributed by atoms with van der Waals surface area (Å²) >= 11 is 0. The molecule has 2 heterocycles. The Kier molecular flexibility index (Phi) is 3.64. The molecular formula is C20H12F3N3O3. The Hall–Kier alpha value is -3.49. The van der Waals surface area contributed by atoms with Crippen molar-refractivity contribution < 1.29 is 22.6 Å². The molecule has 1 atom stereocenters.